The summed E-state index contributed by atoms with van der Waals surface area (Å²) < 4.78 is 0.860. The highest BCUT2D eigenvalue weighted by molar-refractivity contribution is 9.10. The highest BCUT2D eigenvalue weighted by Crippen LogP contribution is 2.30. The normalized spacial score (nSPS) is 12.5. The molecule has 4 heteroatoms. The van der Waals surface area contributed by atoms with Gasteiger partial charge in [-0.3, -0.25) is 4.98 Å². The maximum Gasteiger partial charge on any atom is 0.0705 e. The molecule has 0 spiro atoms. The van der Waals surface area contributed by atoms with Gasteiger partial charge in [-0.1, -0.05) is 41.9 Å². The number of hydrogen-bond acceptors (Lipinski definition) is 1. The first-order chi connectivity index (χ1) is 10.1. The van der Waals surface area contributed by atoms with Gasteiger partial charge in [0, 0.05) is 22.0 Å². The van der Waals surface area contributed by atoms with Crippen LogP contribution in [0.3, 0.4) is 0 Å². The van der Waals surface area contributed by atoms with E-state index in [9.17, 15) is 0 Å². The maximum atomic E-state index is 6.51. The summed E-state index contributed by atoms with van der Waals surface area (Å²) in [6.45, 7) is 0. The second kappa shape index (κ2) is 6.35. The first kappa shape index (κ1) is 14.8. The van der Waals surface area contributed by atoms with E-state index in [1.165, 1.54) is 0 Å². The molecule has 0 radical (unpaired) electrons. The van der Waals surface area contributed by atoms with Crippen molar-refractivity contribution < 1.29 is 0 Å². The van der Waals surface area contributed by atoms with Crippen LogP contribution in [-0.2, 0) is 6.42 Å². The fourth-order valence-electron chi connectivity index (χ4n) is 2.23. The second-order valence-corrected chi connectivity index (χ2v) is 6.63. The van der Waals surface area contributed by atoms with Crippen molar-refractivity contribution in [3.05, 3.63) is 75.4 Å². The van der Waals surface area contributed by atoms with Crippen molar-refractivity contribution in [1.29, 1.82) is 0 Å². The minimum atomic E-state index is -0.132. The van der Waals surface area contributed by atoms with Crippen molar-refractivity contribution in [3.8, 4) is 0 Å². The van der Waals surface area contributed by atoms with Crippen molar-refractivity contribution in [3.63, 3.8) is 0 Å². The molecule has 0 fully saturated rings. The monoisotopic (exact) mass is 379 g/mol. The molecular weight excluding hydrogens is 369 g/mol. The van der Waals surface area contributed by atoms with Crippen LogP contribution >= 0.6 is 39.1 Å². The fraction of sp³-hybridized carbons (Fsp3) is 0.118. The quantitative estimate of drug-likeness (QED) is 0.495. The Balaban J connectivity index is 1.85. The molecule has 106 valence electrons. The number of nitrogens with zero attached hydrogens (tertiary/aromatic N) is 1. The first-order valence-corrected chi connectivity index (χ1v) is 8.18. The van der Waals surface area contributed by atoms with Crippen LogP contribution in [0.2, 0.25) is 5.02 Å². The lowest BCUT2D eigenvalue weighted by Crippen LogP contribution is -1.98. The van der Waals surface area contributed by atoms with Crippen molar-refractivity contribution in [2.24, 2.45) is 0 Å². The Morgan fingerprint density at radius 3 is 2.67 bits per heavy atom. The van der Waals surface area contributed by atoms with Crippen molar-refractivity contribution >= 4 is 50.0 Å². The summed E-state index contributed by atoms with van der Waals surface area (Å²) in [5.74, 6) is 0. The first-order valence-electron chi connectivity index (χ1n) is 6.57. The van der Waals surface area contributed by atoms with Crippen LogP contribution in [0.5, 0.6) is 0 Å². The SMILES string of the molecule is Clc1ccc(C(Cl)Cc2ccc3ccccc3n2)cc1Br. The van der Waals surface area contributed by atoms with Gasteiger partial charge in [0.25, 0.3) is 0 Å². The third kappa shape index (κ3) is 3.39. The molecule has 3 rings (SSSR count). The summed E-state index contributed by atoms with van der Waals surface area (Å²) in [4.78, 5) is 4.66. The zero-order valence-electron chi connectivity index (χ0n) is 11.1. The van der Waals surface area contributed by atoms with Crippen LogP contribution in [0.25, 0.3) is 10.9 Å². The molecule has 0 N–H and O–H groups in total. The van der Waals surface area contributed by atoms with Gasteiger partial charge in [0.15, 0.2) is 0 Å². The summed E-state index contributed by atoms with van der Waals surface area (Å²) in [6, 6.07) is 18.0. The molecule has 0 aliphatic carbocycles. The van der Waals surface area contributed by atoms with Crippen LogP contribution in [-0.4, -0.2) is 4.98 Å². The van der Waals surface area contributed by atoms with Crippen LogP contribution in [0.1, 0.15) is 16.6 Å². The van der Waals surface area contributed by atoms with E-state index in [-0.39, 0.29) is 5.38 Å². The van der Waals surface area contributed by atoms with Gasteiger partial charge in [0.1, 0.15) is 0 Å². The lowest BCUT2D eigenvalue weighted by molar-refractivity contribution is 0.887. The summed E-state index contributed by atoms with van der Waals surface area (Å²) >= 11 is 15.9. The molecule has 0 aliphatic heterocycles. The van der Waals surface area contributed by atoms with E-state index in [1.54, 1.807) is 0 Å². The summed E-state index contributed by atoms with van der Waals surface area (Å²) in [7, 11) is 0. The van der Waals surface area contributed by atoms with Crippen LogP contribution in [0.4, 0.5) is 0 Å². The van der Waals surface area contributed by atoms with Gasteiger partial charge in [0.2, 0.25) is 0 Å². The number of fused-ring (bicyclic) bond motifs is 1. The fourth-order valence-corrected chi connectivity index (χ4v) is 3.04. The van der Waals surface area contributed by atoms with E-state index in [0.29, 0.717) is 11.4 Å². The molecule has 0 saturated carbocycles. The summed E-state index contributed by atoms with van der Waals surface area (Å²) in [5, 5.41) is 1.69. The maximum absolute atomic E-state index is 6.51. The molecule has 1 nitrogen and oxygen atoms in total. The third-order valence-corrected chi connectivity index (χ3v) is 4.97. The Labute approximate surface area is 142 Å². The lowest BCUT2D eigenvalue weighted by Gasteiger charge is -2.11. The highest BCUT2D eigenvalue weighted by atomic mass is 79.9. The van der Waals surface area contributed by atoms with Gasteiger partial charge in [-0.2, -0.15) is 0 Å². The zero-order chi connectivity index (χ0) is 14.8. The van der Waals surface area contributed by atoms with E-state index in [1.807, 2.05) is 42.5 Å². The number of hydrogen-bond donors (Lipinski definition) is 0. The predicted molar refractivity (Wildman–Crippen MR) is 93.2 cm³/mol. The molecule has 2 aromatic carbocycles. The predicted octanol–water partition coefficient (Wildman–Crippen LogP) is 6.17. The van der Waals surface area contributed by atoms with Crippen molar-refractivity contribution in [2.75, 3.05) is 0 Å². The van der Waals surface area contributed by atoms with Crippen LogP contribution in [0, 0.1) is 0 Å². The molecule has 1 atom stereocenters. The molecule has 3 aromatic rings. The molecule has 0 bridgehead atoms. The number of rotatable bonds is 3. The smallest absolute Gasteiger partial charge is 0.0705 e. The van der Waals surface area contributed by atoms with Gasteiger partial charge in [-0.05, 0) is 45.8 Å². The number of halogens is 3. The largest absolute Gasteiger partial charge is 0.253 e. The van der Waals surface area contributed by atoms with Crippen LogP contribution in [0.15, 0.2) is 59.1 Å². The Kier molecular flexibility index (Phi) is 4.48. The number of aromatic nitrogens is 1. The molecule has 1 aromatic heterocycles. The Morgan fingerprint density at radius 2 is 1.86 bits per heavy atom. The van der Waals surface area contributed by atoms with E-state index >= 15 is 0 Å². The molecule has 21 heavy (non-hydrogen) atoms. The molecule has 1 heterocycles. The van der Waals surface area contributed by atoms with E-state index in [0.717, 1.165) is 26.6 Å². The van der Waals surface area contributed by atoms with Gasteiger partial charge in [-0.25, -0.2) is 0 Å². The topological polar surface area (TPSA) is 12.9 Å². The molecule has 0 amide bonds. The number of benzene rings is 2. The van der Waals surface area contributed by atoms with Crippen molar-refractivity contribution in [2.45, 2.75) is 11.8 Å². The second-order valence-electron chi connectivity index (χ2n) is 4.84. The Morgan fingerprint density at radius 1 is 1.05 bits per heavy atom. The standard InChI is InChI=1S/C17H12BrCl2N/c18-14-9-12(6-8-15(14)19)16(20)10-13-7-5-11-3-1-2-4-17(11)21-13/h1-9,16H,10H2. The summed E-state index contributed by atoms with van der Waals surface area (Å²) in [6.07, 6.45) is 0.681. The average molecular weight is 381 g/mol. The number of alkyl halides is 1. The van der Waals surface area contributed by atoms with Gasteiger partial charge >= 0.3 is 0 Å². The molecule has 0 aliphatic rings. The number of pyridine rings is 1. The van der Waals surface area contributed by atoms with Crippen molar-refractivity contribution in [1.82, 2.24) is 4.98 Å². The summed E-state index contributed by atoms with van der Waals surface area (Å²) in [5.41, 5.74) is 3.01. The molecule has 0 saturated heterocycles. The van der Waals surface area contributed by atoms with E-state index < -0.39 is 0 Å². The average Bonchev–Trinajstić information content (AvgIpc) is 2.50. The molecular formula is C17H12BrCl2N. The van der Waals surface area contributed by atoms with E-state index in [2.05, 4.69) is 33.0 Å². The van der Waals surface area contributed by atoms with Gasteiger partial charge < -0.3 is 0 Å². The lowest BCUT2D eigenvalue weighted by atomic mass is 10.1. The highest BCUT2D eigenvalue weighted by Gasteiger charge is 2.12. The van der Waals surface area contributed by atoms with Gasteiger partial charge in [0.05, 0.1) is 15.9 Å². The van der Waals surface area contributed by atoms with Gasteiger partial charge in [-0.15, -0.1) is 11.6 Å². The zero-order valence-corrected chi connectivity index (χ0v) is 14.2. The Bertz CT molecular complexity index is 789. The minimum Gasteiger partial charge on any atom is -0.253 e. The van der Waals surface area contributed by atoms with Crippen LogP contribution < -0.4 is 0 Å². The van der Waals surface area contributed by atoms with E-state index in [4.69, 9.17) is 23.2 Å². The third-order valence-electron chi connectivity index (χ3n) is 3.35. The number of para-hydroxylation sites is 1. The molecule has 1 unspecified atom stereocenters. The minimum absolute atomic E-state index is 0.132. The Hall–Kier alpha value is -1.09.